The summed E-state index contributed by atoms with van der Waals surface area (Å²) < 4.78 is 2.11. The van der Waals surface area contributed by atoms with Crippen LogP contribution in [0.4, 0.5) is 0 Å². The molecular formula is C8H9ClN2S. The summed E-state index contributed by atoms with van der Waals surface area (Å²) in [5, 5.41) is 2.14. The Morgan fingerprint density at radius 2 is 2.50 bits per heavy atom. The Kier molecular flexibility index (Phi) is 2.07. The maximum absolute atomic E-state index is 5.68. The molecule has 64 valence electrons. The van der Waals surface area contributed by atoms with E-state index in [-0.39, 0.29) is 0 Å². The van der Waals surface area contributed by atoms with Crippen LogP contribution < -0.4 is 0 Å². The van der Waals surface area contributed by atoms with E-state index >= 15 is 0 Å². The molecule has 2 aromatic heterocycles. The molecule has 4 heteroatoms. The number of alkyl halides is 1. The summed E-state index contributed by atoms with van der Waals surface area (Å²) in [6, 6.07) is 0. The molecule has 0 aromatic carbocycles. The highest BCUT2D eigenvalue weighted by Crippen LogP contribution is 2.17. The second-order valence-corrected chi connectivity index (χ2v) is 3.70. The van der Waals surface area contributed by atoms with Crippen LogP contribution in [0.15, 0.2) is 11.6 Å². The Hall–Kier alpha value is -0.540. The fraction of sp³-hybridized carbons (Fsp3) is 0.375. The minimum Gasteiger partial charge on any atom is -0.294 e. The average Bonchev–Trinajstić information content (AvgIpc) is 2.61. The number of thiazole rings is 1. The van der Waals surface area contributed by atoms with E-state index in [4.69, 9.17) is 11.6 Å². The Labute approximate surface area is 79.8 Å². The first-order chi connectivity index (χ1) is 5.85. The first-order valence-corrected chi connectivity index (χ1v) is 5.27. The number of hydrogen-bond donors (Lipinski definition) is 0. The molecule has 2 rings (SSSR count). The van der Waals surface area contributed by atoms with Crippen molar-refractivity contribution in [3.8, 4) is 0 Å². The van der Waals surface area contributed by atoms with Crippen LogP contribution in [-0.2, 0) is 12.3 Å². The highest BCUT2D eigenvalue weighted by atomic mass is 35.5. The number of aryl methyl sites for hydroxylation is 1. The molecule has 0 saturated carbocycles. The van der Waals surface area contributed by atoms with E-state index in [0.29, 0.717) is 5.88 Å². The van der Waals surface area contributed by atoms with Crippen molar-refractivity contribution < 1.29 is 0 Å². The average molecular weight is 201 g/mol. The third kappa shape index (κ3) is 1.13. The summed E-state index contributed by atoms with van der Waals surface area (Å²) in [7, 11) is 0. The van der Waals surface area contributed by atoms with Crippen molar-refractivity contribution in [2.24, 2.45) is 0 Å². The molecule has 0 saturated heterocycles. The van der Waals surface area contributed by atoms with Gasteiger partial charge < -0.3 is 0 Å². The van der Waals surface area contributed by atoms with Gasteiger partial charge in [-0.05, 0) is 6.42 Å². The summed E-state index contributed by atoms with van der Waals surface area (Å²) in [6.45, 7) is 2.14. The van der Waals surface area contributed by atoms with Gasteiger partial charge in [0.1, 0.15) is 0 Å². The number of fused-ring (bicyclic) bond motifs is 1. The molecule has 0 bridgehead atoms. The highest BCUT2D eigenvalue weighted by Gasteiger charge is 2.04. The number of rotatable bonds is 2. The predicted molar refractivity (Wildman–Crippen MR) is 52.0 cm³/mol. The molecule has 0 atom stereocenters. The van der Waals surface area contributed by atoms with Gasteiger partial charge in [-0.15, -0.1) is 22.9 Å². The van der Waals surface area contributed by atoms with Crippen LogP contribution in [0.5, 0.6) is 0 Å². The van der Waals surface area contributed by atoms with Crippen LogP contribution >= 0.6 is 22.9 Å². The molecule has 2 heterocycles. The molecule has 12 heavy (non-hydrogen) atoms. The van der Waals surface area contributed by atoms with Crippen molar-refractivity contribution in [3.63, 3.8) is 0 Å². The Morgan fingerprint density at radius 3 is 3.17 bits per heavy atom. The zero-order chi connectivity index (χ0) is 8.55. The third-order valence-corrected chi connectivity index (χ3v) is 2.99. The third-order valence-electron chi connectivity index (χ3n) is 1.83. The largest absolute Gasteiger partial charge is 0.294 e. The van der Waals surface area contributed by atoms with Gasteiger partial charge >= 0.3 is 0 Å². The van der Waals surface area contributed by atoms with E-state index in [2.05, 4.69) is 21.7 Å². The van der Waals surface area contributed by atoms with Gasteiger partial charge in [-0.1, -0.05) is 6.92 Å². The Balaban J connectivity index is 2.60. The molecule has 0 fully saturated rings. The lowest BCUT2D eigenvalue weighted by Crippen LogP contribution is -1.85. The smallest absolute Gasteiger partial charge is 0.194 e. The Morgan fingerprint density at radius 1 is 1.67 bits per heavy atom. The fourth-order valence-electron chi connectivity index (χ4n) is 1.19. The van der Waals surface area contributed by atoms with E-state index < -0.39 is 0 Å². The van der Waals surface area contributed by atoms with Crippen LogP contribution in [0.25, 0.3) is 4.96 Å². The lowest BCUT2D eigenvalue weighted by atomic mass is 10.4. The van der Waals surface area contributed by atoms with Crippen molar-refractivity contribution in [2.75, 3.05) is 0 Å². The Bertz CT molecular complexity index is 391. The van der Waals surface area contributed by atoms with Gasteiger partial charge in [0, 0.05) is 17.3 Å². The second kappa shape index (κ2) is 3.07. The molecule has 0 amide bonds. The van der Waals surface area contributed by atoms with Gasteiger partial charge in [0.05, 0.1) is 11.6 Å². The van der Waals surface area contributed by atoms with Gasteiger partial charge in [-0.25, -0.2) is 4.98 Å². The summed E-state index contributed by atoms with van der Waals surface area (Å²) >= 11 is 7.35. The van der Waals surface area contributed by atoms with Crippen LogP contribution in [0.1, 0.15) is 18.3 Å². The van der Waals surface area contributed by atoms with Gasteiger partial charge in [-0.2, -0.15) is 0 Å². The summed E-state index contributed by atoms with van der Waals surface area (Å²) in [6.07, 6.45) is 3.05. The molecule has 0 aliphatic rings. The topological polar surface area (TPSA) is 17.3 Å². The number of aromatic nitrogens is 2. The number of halogens is 1. The molecule has 0 aliphatic carbocycles. The van der Waals surface area contributed by atoms with E-state index in [1.807, 2.05) is 6.20 Å². The van der Waals surface area contributed by atoms with E-state index in [1.165, 1.54) is 5.69 Å². The van der Waals surface area contributed by atoms with E-state index in [9.17, 15) is 0 Å². The minimum atomic E-state index is 0.498. The second-order valence-electron chi connectivity index (χ2n) is 2.60. The van der Waals surface area contributed by atoms with Crippen LogP contribution in [-0.4, -0.2) is 9.38 Å². The summed E-state index contributed by atoms with van der Waals surface area (Å²) in [5.41, 5.74) is 2.26. The van der Waals surface area contributed by atoms with Gasteiger partial charge in [0.25, 0.3) is 0 Å². The van der Waals surface area contributed by atoms with Crippen molar-refractivity contribution in [1.82, 2.24) is 9.38 Å². The molecule has 0 radical (unpaired) electrons. The van der Waals surface area contributed by atoms with Crippen LogP contribution in [0.2, 0.25) is 0 Å². The monoisotopic (exact) mass is 200 g/mol. The number of hydrogen-bond acceptors (Lipinski definition) is 2. The molecule has 0 spiro atoms. The molecule has 0 N–H and O–H groups in total. The summed E-state index contributed by atoms with van der Waals surface area (Å²) in [4.78, 5) is 5.39. The van der Waals surface area contributed by atoms with Crippen molar-refractivity contribution >= 4 is 27.9 Å². The van der Waals surface area contributed by atoms with Crippen molar-refractivity contribution in [2.45, 2.75) is 19.2 Å². The zero-order valence-electron chi connectivity index (χ0n) is 6.75. The summed E-state index contributed by atoms with van der Waals surface area (Å²) in [5.74, 6) is 0.498. The van der Waals surface area contributed by atoms with E-state index in [1.54, 1.807) is 11.3 Å². The molecule has 0 unspecified atom stereocenters. The van der Waals surface area contributed by atoms with Crippen LogP contribution in [0.3, 0.4) is 0 Å². The lowest BCUT2D eigenvalue weighted by Gasteiger charge is -1.89. The number of imidazole rings is 1. The van der Waals surface area contributed by atoms with Crippen molar-refractivity contribution in [3.05, 3.63) is 23.0 Å². The van der Waals surface area contributed by atoms with Gasteiger partial charge in [-0.3, -0.25) is 4.40 Å². The quantitative estimate of drug-likeness (QED) is 0.682. The molecular weight excluding hydrogens is 192 g/mol. The normalized spacial score (nSPS) is 11.2. The standard InChI is InChI=1S/C8H9ClN2S/c1-2-7-5-12-8-10-6(3-9)4-11(7)8/h4-5H,2-3H2,1H3. The molecule has 2 aromatic rings. The first kappa shape index (κ1) is 8.08. The van der Waals surface area contributed by atoms with E-state index in [0.717, 1.165) is 17.1 Å². The molecule has 2 nitrogen and oxygen atoms in total. The maximum Gasteiger partial charge on any atom is 0.194 e. The zero-order valence-corrected chi connectivity index (χ0v) is 8.32. The SMILES string of the molecule is CCc1csc2nc(CCl)cn12. The van der Waals surface area contributed by atoms with Crippen molar-refractivity contribution in [1.29, 1.82) is 0 Å². The lowest BCUT2D eigenvalue weighted by molar-refractivity contribution is 1.00. The number of nitrogens with zero attached hydrogens (tertiary/aromatic N) is 2. The maximum atomic E-state index is 5.68. The minimum absolute atomic E-state index is 0.498. The molecule has 0 aliphatic heterocycles. The fourth-order valence-corrected chi connectivity index (χ4v) is 2.30. The van der Waals surface area contributed by atoms with Gasteiger partial charge in [0.2, 0.25) is 0 Å². The van der Waals surface area contributed by atoms with Gasteiger partial charge in [0.15, 0.2) is 4.96 Å². The first-order valence-electron chi connectivity index (χ1n) is 3.85. The predicted octanol–water partition coefficient (Wildman–Crippen LogP) is 2.70. The van der Waals surface area contributed by atoms with Crippen LogP contribution in [0, 0.1) is 0 Å². The highest BCUT2D eigenvalue weighted by molar-refractivity contribution is 7.15.